The zero-order valence-electron chi connectivity index (χ0n) is 8.81. The number of aryl methyl sites for hydroxylation is 1. The summed E-state index contributed by atoms with van der Waals surface area (Å²) < 4.78 is 6.74. The highest BCUT2D eigenvalue weighted by atomic mass is 35.5. The van der Waals surface area contributed by atoms with Crippen LogP contribution in [0.1, 0.15) is 29.6 Å². The molecule has 0 saturated carbocycles. The van der Waals surface area contributed by atoms with Crippen molar-refractivity contribution in [2.75, 3.05) is 0 Å². The first-order valence-electron chi connectivity index (χ1n) is 5.04. The molecule has 0 aliphatic carbocycles. The predicted octanol–water partition coefficient (Wildman–Crippen LogP) is 2.77. The minimum absolute atomic E-state index is 0.196. The van der Waals surface area contributed by atoms with Crippen LogP contribution >= 0.6 is 11.6 Å². The van der Waals surface area contributed by atoms with Crippen molar-refractivity contribution in [3.8, 4) is 0 Å². The number of hydrogen-bond acceptors (Lipinski definition) is 3. The van der Waals surface area contributed by atoms with Gasteiger partial charge in [-0.3, -0.25) is 9.48 Å². The molecule has 0 aliphatic rings. The number of ketones is 1. The zero-order chi connectivity index (χ0) is 11.5. The lowest BCUT2D eigenvalue weighted by Crippen LogP contribution is -2.10. The highest BCUT2D eigenvalue weighted by Crippen LogP contribution is 2.16. The molecule has 2 aromatic rings. The van der Waals surface area contributed by atoms with Gasteiger partial charge in [-0.05, 0) is 36.2 Å². The molecule has 0 amide bonds. The SMILES string of the molecule is CCCn1nccc1C(=O)c1ccc(Cl)o1. The Hall–Kier alpha value is -1.55. The smallest absolute Gasteiger partial charge is 0.246 e. The second-order valence-corrected chi connectivity index (χ2v) is 3.74. The summed E-state index contributed by atoms with van der Waals surface area (Å²) in [6.45, 7) is 2.74. The van der Waals surface area contributed by atoms with E-state index in [9.17, 15) is 4.79 Å². The van der Waals surface area contributed by atoms with Crippen molar-refractivity contribution in [1.29, 1.82) is 0 Å². The van der Waals surface area contributed by atoms with Crippen LogP contribution in [0.3, 0.4) is 0 Å². The van der Waals surface area contributed by atoms with Crippen molar-refractivity contribution < 1.29 is 9.21 Å². The molecule has 0 atom stereocenters. The Morgan fingerprint density at radius 3 is 2.94 bits per heavy atom. The van der Waals surface area contributed by atoms with Crippen LogP contribution in [0, 0.1) is 0 Å². The minimum atomic E-state index is -0.196. The fourth-order valence-electron chi connectivity index (χ4n) is 1.48. The third-order valence-electron chi connectivity index (χ3n) is 2.18. The summed E-state index contributed by atoms with van der Waals surface area (Å²) >= 11 is 5.63. The number of nitrogens with zero attached hydrogens (tertiary/aromatic N) is 2. The third-order valence-corrected chi connectivity index (χ3v) is 2.38. The van der Waals surface area contributed by atoms with E-state index in [1.165, 1.54) is 0 Å². The molecule has 0 N–H and O–H groups in total. The molecule has 16 heavy (non-hydrogen) atoms. The van der Waals surface area contributed by atoms with E-state index in [-0.39, 0.29) is 16.8 Å². The molecule has 0 aromatic carbocycles. The van der Waals surface area contributed by atoms with Crippen molar-refractivity contribution >= 4 is 17.4 Å². The van der Waals surface area contributed by atoms with Crippen molar-refractivity contribution in [3.63, 3.8) is 0 Å². The minimum Gasteiger partial charge on any atom is -0.441 e. The molecule has 5 heteroatoms. The van der Waals surface area contributed by atoms with Gasteiger partial charge in [-0.15, -0.1) is 0 Å². The average molecular weight is 239 g/mol. The molecule has 2 heterocycles. The van der Waals surface area contributed by atoms with Gasteiger partial charge in [-0.1, -0.05) is 6.92 Å². The molecular formula is C11H11ClN2O2. The molecule has 0 radical (unpaired) electrons. The first-order valence-corrected chi connectivity index (χ1v) is 5.42. The van der Waals surface area contributed by atoms with Gasteiger partial charge in [0.25, 0.3) is 0 Å². The molecule has 2 rings (SSSR count). The molecule has 2 aromatic heterocycles. The fourth-order valence-corrected chi connectivity index (χ4v) is 1.62. The van der Waals surface area contributed by atoms with Gasteiger partial charge in [0.05, 0.1) is 0 Å². The van der Waals surface area contributed by atoms with Gasteiger partial charge in [0.1, 0.15) is 5.69 Å². The normalized spacial score (nSPS) is 10.6. The molecule has 0 saturated heterocycles. The van der Waals surface area contributed by atoms with Gasteiger partial charge in [-0.2, -0.15) is 5.10 Å². The largest absolute Gasteiger partial charge is 0.441 e. The summed E-state index contributed by atoms with van der Waals surface area (Å²) in [5.74, 6) is 0.0423. The molecule has 0 aliphatic heterocycles. The second kappa shape index (κ2) is 4.53. The summed E-state index contributed by atoms with van der Waals surface area (Å²) in [6.07, 6.45) is 2.52. The van der Waals surface area contributed by atoms with Gasteiger partial charge in [0.2, 0.25) is 5.78 Å². The predicted molar refractivity (Wildman–Crippen MR) is 59.7 cm³/mol. The maximum absolute atomic E-state index is 12.0. The highest BCUT2D eigenvalue weighted by Gasteiger charge is 2.17. The Morgan fingerprint density at radius 1 is 1.50 bits per heavy atom. The Kier molecular flexibility index (Phi) is 3.10. The van der Waals surface area contributed by atoms with E-state index in [1.807, 2.05) is 6.92 Å². The van der Waals surface area contributed by atoms with Crippen LogP contribution in [-0.4, -0.2) is 15.6 Å². The van der Waals surface area contributed by atoms with Gasteiger partial charge in [0, 0.05) is 12.7 Å². The standard InChI is InChI=1S/C11H11ClN2O2/c1-2-7-14-8(5-6-13-14)11(15)9-3-4-10(12)16-9/h3-6H,2,7H2,1H3. The van der Waals surface area contributed by atoms with Crippen LogP contribution in [0.2, 0.25) is 5.22 Å². The highest BCUT2D eigenvalue weighted by molar-refractivity contribution is 6.29. The summed E-state index contributed by atoms with van der Waals surface area (Å²) in [6, 6.07) is 4.79. The number of carbonyl (C=O) groups is 1. The number of aromatic nitrogens is 2. The first kappa shape index (κ1) is 11.0. The number of halogens is 1. The van der Waals surface area contributed by atoms with E-state index in [0.29, 0.717) is 12.2 Å². The molecule has 4 nitrogen and oxygen atoms in total. The summed E-state index contributed by atoms with van der Waals surface area (Å²) in [7, 11) is 0. The lowest BCUT2D eigenvalue weighted by atomic mass is 10.2. The van der Waals surface area contributed by atoms with E-state index in [1.54, 1.807) is 29.1 Å². The summed E-state index contributed by atoms with van der Waals surface area (Å²) in [5, 5.41) is 4.29. The number of furan rings is 1. The number of rotatable bonds is 4. The van der Waals surface area contributed by atoms with Gasteiger partial charge < -0.3 is 4.42 Å². The van der Waals surface area contributed by atoms with E-state index >= 15 is 0 Å². The van der Waals surface area contributed by atoms with Crippen molar-refractivity contribution in [2.45, 2.75) is 19.9 Å². The van der Waals surface area contributed by atoms with Gasteiger partial charge in [-0.25, -0.2) is 0 Å². The summed E-state index contributed by atoms with van der Waals surface area (Å²) in [5.41, 5.74) is 0.521. The van der Waals surface area contributed by atoms with Crippen LogP contribution in [-0.2, 0) is 6.54 Å². The fraction of sp³-hybridized carbons (Fsp3) is 0.273. The average Bonchev–Trinajstić information content (AvgIpc) is 2.87. The van der Waals surface area contributed by atoms with E-state index in [4.69, 9.17) is 16.0 Å². The Balaban J connectivity index is 2.30. The van der Waals surface area contributed by atoms with Crippen molar-refractivity contribution in [3.05, 3.63) is 41.1 Å². The Bertz CT molecular complexity index is 502. The molecule has 0 fully saturated rings. The molecule has 84 valence electrons. The molecule has 0 unspecified atom stereocenters. The van der Waals surface area contributed by atoms with Crippen LogP contribution in [0.25, 0.3) is 0 Å². The van der Waals surface area contributed by atoms with Crippen LogP contribution in [0.5, 0.6) is 0 Å². The number of carbonyl (C=O) groups excluding carboxylic acids is 1. The van der Waals surface area contributed by atoms with E-state index < -0.39 is 0 Å². The quantitative estimate of drug-likeness (QED) is 0.770. The van der Waals surface area contributed by atoms with Gasteiger partial charge in [0.15, 0.2) is 11.0 Å². The third kappa shape index (κ3) is 2.02. The van der Waals surface area contributed by atoms with Crippen molar-refractivity contribution in [1.82, 2.24) is 9.78 Å². The lowest BCUT2D eigenvalue weighted by Gasteiger charge is -2.02. The second-order valence-electron chi connectivity index (χ2n) is 3.37. The Labute approximate surface area is 97.8 Å². The topological polar surface area (TPSA) is 48.0 Å². The Morgan fingerprint density at radius 2 is 2.31 bits per heavy atom. The zero-order valence-corrected chi connectivity index (χ0v) is 9.57. The monoisotopic (exact) mass is 238 g/mol. The summed E-state index contributed by atoms with van der Waals surface area (Å²) in [4.78, 5) is 12.0. The van der Waals surface area contributed by atoms with Crippen LogP contribution in [0.15, 0.2) is 28.8 Å². The van der Waals surface area contributed by atoms with Crippen LogP contribution < -0.4 is 0 Å². The molecule has 0 spiro atoms. The molecule has 0 bridgehead atoms. The number of hydrogen-bond donors (Lipinski definition) is 0. The molecular weight excluding hydrogens is 228 g/mol. The first-order chi connectivity index (χ1) is 7.72. The van der Waals surface area contributed by atoms with E-state index in [0.717, 1.165) is 6.42 Å². The van der Waals surface area contributed by atoms with Crippen LogP contribution in [0.4, 0.5) is 0 Å². The maximum atomic E-state index is 12.0. The van der Waals surface area contributed by atoms with Crippen molar-refractivity contribution in [2.24, 2.45) is 0 Å². The lowest BCUT2D eigenvalue weighted by molar-refractivity contribution is 0.0999. The van der Waals surface area contributed by atoms with Gasteiger partial charge >= 0.3 is 0 Å². The van der Waals surface area contributed by atoms with E-state index in [2.05, 4.69) is 5.10 Å². The maximum Gasteiger partial charge on any atom is 0.246 e.